The molecule has 21 heavy (non-hydrogen) atoms. The van der Waals surface area contributed by atoms with Gasteiger partial charge < -0.3 is 10.1 Å². The molecule has 1 amide bonds. The van der Waals surface area contributed by atoms with Gasteiger partial charge in [-0.25, -0.2) is 4.39 Å². The minimum atomic E-state index is -0.266. The molecule has 0 saturated heterocycles. The molecule has 0 saturated carbocycles. The number of para-hydroxylation sites is 1. The van der Waals surface area contributed by atoms with Gasteiger partial charge in [-0.3, -0.25) is 4.79 Å². The minimum absolute atomic E-state index is 0.102. The molecule has 0 spiro atoms. The molecule has 0 heterocycles. The minimum Gasteiger partial charge on any atom is -0.492 e. The summed E-state index contributed by atoms with van der Waals surface area (Å²) in [7, 11) is 0. The number of carbonyl (C=O) groups excluding carboxylic acids is 1. The summed E-state index contributed by atoms with van der Waals surface area (Å²) in [5.41, 5.74) is 0.563. The molecule has 0 fully saturated rings. The van der Waals surface area contributed by atoms with Gasteiger partial charge in [0.2, 0.25) is 5.91 Å². The molecule has 0 aromatic heterocycles. The first-order valence-electron chi connectivity index (χ1n) is 6.93. The van der Waals surface area contributed by atoms with Crippen molar-refractivity contribution in [3.8, 4) is 5.75 Å². The Kier molecular flexibility index (Phi) is 5.76. The first-order valence-corrected chi connectivity index (χ1v) is 6.93. The van der Waals surface area contributed by atoms with E-state index in [-0.39, 0.29) is 18.1 Å². The number of benzene rings is 2. The second-order valence-corrected chi connectivity index (χ2v) is 4.60. The second-order valence-electron chi connectivity index (χ2n) is 4.60. The summed E-state index contributed by atoms with van der Waals surface area (Å²) < 4.78 is 18.8. The second kappa shape index (κ2) is 8.04. The van der Waals surface area contributed by atoms with E-state index in [0.717, 1.165) is 5.75 Å². The van der Waals surface area contributed by atoms with Gasteiger partial charge in [0.25, 0.3) is 0 Å². The SMILES string of the molecule is O=C(CCc1ccccc1F)NCCOc1ccccc1. The van der Waals surface area contributed by atoms with Gasteiger partial charge in [0.15, 0.2) is 0 Å². The van der Waals surface area contributed by atoms with Crippen LogP contribution in [0, 0.1) is 5.82 Å². The van der Waals surface area contributed by atoms with Crippen LogP contribution in [0.5, 0.6) is 5.75 Å². The molecule has 4 heteroatoms. The summed E-state index contributed by atoms with van der Waals surface area (Å²) in [5, 5.41) is 2.76. The van der Waals surface area contributed by atoms with Crippen LogP contribution in [0.3, 0.4) is 0 Å². The number of carbonyl (C=O) groups is 1. The van der Waals surface area contributed by atoms with E-state index < -0.39 is 0 Å². The molecule has 0 aliphatic rings. The monoisotopic (exact) mass is 287 g/mol. The lowest BCUT2D eigenvalue weighted by Gasteiger charge is -2.08. The van der Waals surface area contributed by atoms with Crippen molar-refractivity contribution in [3.63, 3.8) is 0 Å². The molecule has 0 aliphatic heterocycles. The highest BCUT2D eigenvalue weighted by molar-refractivity contribution is 5.76. The van der Waals surface area contributed by atoms with E-state index in [1.807, 2.05) is 30.3 Å². The predicted molar refractivity (Wildman–Crippen MR) is 79.7 cm³/mol. The Morgan fingerprint density at radius 3 is 2.52 bits per heavy atom. The van der Waals surface area contributed by atoms with E-state index >= 15 is 0 Å². The molecule has 0 radical (unpaired) electrons. The first kappa shape index (κ1) is 15.0. The number of amides is 1. The van der Waals surface area contributed by atoms with E-state index in [1.54, 1.807) is 18.2 Å². The van der Waals surface area contributed by atoms with Crippen molar-refractivity contribution < 1.29 is 13.9 Å². The van der Waals surface area contributed by atoms with E-state index in [1.165, 1.54) is 6.07 Å². The maximum atomic E-state index is 13.4. The van der Waals surface area contributed by atoms with Crippen molar-refractivity contribution in [1.82, 2.24) is 5.32 Å². The van der Waals surface area contributed by atoms with Crippen LogP contribution in [-0.2, 0) is 11.2 Å². The average Bonchev–Trinajstić information content (AvgIpc) is 2.52. The summed E-state index contributed by atoms with van der Waals surface area (Å²) in [6.45, 7) is 0.848. The molecule has 110 valence electrons. The van der Waals surface area contributed by atoms with Crippen LogP contribution in [0.15, 0.2) is 54.6 Å². The third kappa shape index (κ3) is 5.26. The summed E-state index contributed by atoms with van der Waals surface area (Å²) >= 11 is 0. The molecule has 0 bridgehead atoms. The lowest BCUT2D eigenvalue weighted by atomic mass is 10.1. The third-order valence-corrected chi connectivity index (χ3v) is 3.02. The maximum absolute atomic E-state index is 13.4. The Morgan fingerprint density at radius 1 is 1.05 bits per heavy atom. The molecule has 3 nitrogen and oxygen atoms in total. The molecule has 0 atom stereocenters. The Balaban J connectivity index is 1.63. The first-order chi connectivity index (χ1) is 10.3. The van der Waals surface area contributed by atoms with E-state index in [2.05, 4.69) is 5.32 Å². The zero-order chi connectivity index (χ0) is 14.9. The summed E-state index contributed by atoms with van der Waals surface area (Å²) in [6, 6.07) is 15.9. The number of halogens is 1. The Morgan fingerprint density at radius 2 is 1.76 bits per heavy atom. The summed E-state index contributed by atoms with van der Waals surface area (Å²) in [5.74, 6) is 0.408. The van der Waals surface area contributed by atoms with E-state index in [0.29, 0.717) is 25.1 Å². The maximum Gasteiger partial charge on any atom is 0.220 e. The van der Waals surface area contributed by atoms with Gasteiger partial charge in [0, 0.05) is 6.42 Å². The van der Waals surface area contributed by atoms with Gasteiger partial charge in [0.1, 0.15) is 18.2 Å². The van der Waals surface area contributed by atoms with Gasteiger partial charge in [-0.05, 0) is 30.2 Å². The highest BCUT2D eigenvalue weighted by atomic mass is 19.1. The van der Waals surface area contributed by atoms with Crippen LogP contribution in [0.4, 0.5) is 4.39 Å². The van der Waals surface area contributed by atoms with Crippen LogP contribution in [0.25, 0.3) is 0 Å². The topological polar surface area (TPSA) is 38.3 Å². The number of hydrogen-bond acceptors (Lipinski definition) is 2. The quantitative estimate of drug-likeness (QED) is 0.795. The average molecular weight is 287 g/mol. The molecular formula is C17H18FNO2. The summed E-state index contributed by atoms with van der Waals surface area (Å²) in [6.07, 6.45) is 0.671. The zero-order valence-electron chi connectivity index (χ0n) is 11.7. The van der Waals surface area contributed by atoms with Crippen molar-refractivity contribution in [2.75, 3.05) is 13.2 Å². The Hall–Kier alpha value is -2.36. The Bertz CT molecular complexity index is 572. The van der Waals surface area contributed by atoms with Crippen LogP contribution in [-0.4, -0.2) is 19.1 Å². The van der Waals surface area contributed by atoms with Gasteiger partial charge in [0.05, 0.1) is 6.54 Å². The lowest BCUT2D eigenvalue weighted by Crippen LogP contribution is -2.28. The van der Waals surface area contributed by atoms with Gasteiger partial charge >= 0.3 is 0 Å². The number of rotatable bonds is 7. The molecule has 1 N–H and O–H groups in total. The Labute approximate surface area is 123 Å². The fourth-order valence-corrected chi connectivity index (χ4v) is 1.91. The van der Waals surface area contributed by atoms with Crippen molar-refractivity contribution in [2.45, 2.75) is 12.8 Å². The number of nitrogens with one attached hydrogen (secondary N) is 1. The third-order valence-electron chi connectivity index (χ3n) is 3.02. The molecule has 0 unspecified atom stereocenters. The zero-order valence-corrected chi connectivity index (χ0v) is 11.7. The van der Waals surface area contributed by atoms with Crippen molar-refractivity contribution in [3.05, 3.63) is 66.0 Å². The normalized spacial score (nSPS) is 10.1. The smallest absolute Gasteiger partial charge is 0.220 e. The number of hydrogen-bond donors (Lipinski definition) is 1. The van der Waals surface area contributed by atoms with Crippen LogP contribution >= 0.6 is 0 Å². The van der Waals surface area contributed by atoms with Gasteiger partial charge in [-0.1, -0.05) is 36.4 Å². The number of aryl methyl sites for hydroxylation is 1. The van der Waals surface area contributed by atoms with Crippen LogP contribution < -0.4 is 10.1 Å². The van der Waals surface area contributed by atoms with Gasteiger partial charge in [-0.15, -0.1) is 0 Å². The van der Waals surface area contributed by atoms with Crippen molar-refractivity contribution in [1.29, 1.82) is 0 Å². The van der Waals surface area contributed by atoms with Crippen LogP contribution in [0.2, 0.25) is 0 Å². The molecule has 2 aromatic carbocycles. The van der Waals surface area contributed by atoms with Crippen molar-refractivity contribution >= 4 is 5.91 Å². The standard InChI is InChI=1S/C17H18FNO2/c18-16-9-5-4-6-14(16)10-11-17(20)19-12-13-21-15-7-2-1-3-8-15/h1-9H,10-13H2,(H,19,20). The summed E-state index contributed by atoms with van der Waals surface area (Å²) in [4.78, 5) is 11.6. The highest BCUT2D eigenvalue weighted by Crippen LogP contribution is 2.09. The largest absolute Gasteiger partial charge is 0.492 e. The van der Waals surface area contributed by atoms with Crippen molar-refractivity contribution in [2.24, 2.45) is 0 Å². The predicted octanol–water partition coefficient (Wildman–Crippen LogP) is 2.95. The van der Waals surface area contributed by atoms with E-state index in [4.69, 9.17) is 4.74 Å². The fourth-order valence-electron chi connectivity index (χ4n) is 1.91. The molecule has 2 aromatic rings. The highest BCUT2D eigenvalue weighted by Gasteiger charge is 2.05. The number of ether oxygens (including phenoxy) is 1. The van der Waals surface area contributed by atoms with Gasteiger partial charge in [-0.2, -0.15) is 0 Å². The fraction of sp³-hybridized carbons (Fsp3) is 0.235. The van der Waals surface area contributed by atoms with E-state index in [9.17, 15) is 9.18 Å². The molecular weight excluding hydrogens is 269 g/mol. The molecule has 0 aliphatic carbocycles. The van der Waals surface area contributed by atoms with Crippen LogP contribution in [0.1, 0.15) is 12.0 Å². The lowest BCUT2D eigenvalue weighted by molar-refractivity contribution is -0.121. The molecule has 2 rings (SSSR count).